The van der Waals surface area contributed by atoms with Crippen molar-refractivity contribution in [1.82, 2.24) is 10.2 Å². The van der Waals surface area contributed by atoms with Gasteiger partial charge in [-0.2, -0.15) is 13.2 Å². The molecule has 1 fully saturated rings. The molecule has 0 radical (unpaired) electrons. The van der Waals surface area contributed by atoms with Gasteiger partial charge in [0.1, 0.15) is 0 Å². The van der Waals surface area contributed by atoms with E-state index in [4.69, 9.17) is 4.74 Å². The molecule has 2 aromatic carbocycles. The number of nitrogens with zero attached hydrogens (tertiary/aromatic N) is 1. The third kappa shape index (κ3) is 6.80. The molecular formula is C24H29F3N2O2. The summed E-state index contributed by atoms with van der Waals surface area (Å²) in [7, 11) is 0. The van der Waals surface area contributed by atoms with E-state index in [9.17, 15) is 18.0 Å². The molecule has 2 aromatic rings. The number of carbonyl (C=O) groups excluding carboxylic acids is 1. The first-order chi connectivity index (χ1) is 14.9. The molecule has 1 atom stereocenters. The Hall–Kier alpha value is -2.38. The van der Waals surface area contributed by atoms with Crippen molar-refractivity contribution in [2.75, 3.05) is 32.8 Å². The van der Waals surface area contributed by atoms with Crippen molar-refractivity contribution in [3.05, 3.63) is 70.8 Å². The first kappa shape index (κ1) is 23.3. The standard InChI is InChI=1S/C24H29F3N2O2/c1-2-18-3-5-19(6-4-18)7-12-23(30)28-17-22(29-13-15-31-16-14-29)20-8-10-21(11-9-20)24(25,26)27/h3-6,8-11,22H,2,7,12-17H2,1H3,(H,28,30). The average molecular weight is 435 g/mol. The topological polar surface area (TPSA) is 41.6 Å². The first-order valence-electron chi connectivity index (χ1n) is 10.7. The van der Waals surface area contributed by atoms with Crippen LogP contribution in [-0.4, -0.2) is 43.7 Å². The molecule has 0 aliphatic carbocycles. The maximum absolute atomic E-state index is 12.9. The summed E-state index contributed by atoms with van der Waals surface area (Å²) in [6.45, 7) is 4.93. The van der Waals surface area contributed by atoms with Crippen LogP contribution in [0.15, 0.2) is 48.5 Å². The van der Waals surface area contributed by atoms with Gasteiger partial charge in [0.15, 0.2) is 0 Å². The van der Waals surface area contributed by atoms with Crippen molar-refractivity contribution in [3.8, 4) is 0 Å². The number of alkyl halides is 3. The molecule has 168 valence electrons. The van der Waals surface area contributed by atoms with E-state index in [0.717, 1.165) is 29.7 Å². The third-order valence-corrected chi connectivity index (χ3v) is 5.67. The van der Waals surface area contributed by atoms with Crippen LogP contribution in [0.2, 0.25) is 0 Å². The van der Waals surface area contributed by atoms with Crippen molar-refractivity contribution < 1.29 is 22.7 Å². The number of hydrogen-bond acceptors (Lipinski definition) is 3. The highest BCUT2D eigenvalue weighted by atomic mass is 19.4. The molecule has 1 saturated heterocycles. The number of rotatable bonds is 8. The quantitative estimate of drug-likeness (QED) is 0.670. The Labute approximate surface area is 181 Å². The Morgan fingerprint density at radius 3 is 2.23 bits per heavy atom. The fraction of sp³-hybridized carbons (Fsp3) is 0.458. The molecule has 1 unspecified atom stereocenters. The van der Waals surface area contributed by atoms with E-state index in [1.54, 1.807) is 0 Å². The molecule has 1 N–H and O–H groups in total. The maximum Gasteiger partial charge on any atom is 0.416 e. The molecule has 1 amide bonds. The van der Waals surface area contributed by atoms with E-state index >= 15 is 0 Å². The number of benzene rings is 2. The van der Waals surface area contributed by atoms with Gasteiger partial charge in [-0.1, -0.05) is 43.3 Å². The van der Waals surface area contributed by atoms with Gasteiger partial charge in [0.05, 0.1) is 24.8 Å². The number of halogens is 3. The molecular weight excluding hydrogens is 405 g/mol. The van der Waals surface area contributed by atoms with Gasteiger partial charge in [0.2, 0.25) is 5.91 Å². The summed E-state index contributed by atoms with van der Waals surface area (Å²) in [5.74, 6) is -0.0651. The molecule has 7 heteroatoms. The summed E-state index contributed by atoms with van der Waals surface area (Å²) in [6.07, 6.45) is -2.36. The van der Waals surface area contributed by atoms with Gasteiger partial charge in [0, 0.05) is 26.1 Å². The highest BCUT2D eigenvalue weighted by Gasteiger charge is 2.31. The SMILES string of the molecule is CCc1ccc(CCC(=O)NCC(c2ccc(C(F)(F)F)cc2)N2CCOCC2)cc1. The van der Waals surface area contributed by atoms with E-state index in [-0.39, 0.29) is 11.9 Å². The lowest BCUT2D eigenvalue weighted by Gasteiger charge is -2.35. The fourth-order valence-corrected chi connectivity index (χ4v) is 3.74. The molecule has 0 spiro atoms. The van der Waals surface area contributed by atoms with Crippen LogP contribution in [0, 0.1) is 0 Å². The monoisotopic (exact) mass is 434 g/mol. The van der Waals surface area contributed by atoms with Crippen LogP contribution in [0.5, 0.6) is 0 Å². The van der Waals surface area contributed by atoms with Crippen molar-refractivity contribution in [3.63, 3.8) is 0 Å². The number of nitrogens with one attached hydrogen (secondary N) is 1. The van der Waals surface area contributed by atoms with E-state index in [2.05, 4.69) is 29.3 Å². The lowest BCUT2D eigenvalue weighted by atomic mass is 10.0. The Morgan fingerprint density at radius 1 is 1.03 bits per heavy atom. The lowest BCUT2D eigenvalue weighted by molar-refractivity contribution is -0.137. The van der Waals surface area contributed by atoms with Gasteiger partial charge in [-0.15, -0.1) is 0 Å². The zero-order valence-electron chi connectivity index (χ0n) is 17.8. The fourth-order valence-electron chi connectivity index (χ4n) is 3.74. The number of aryl methyl sites for hydroxylation is 2. The van der Waals surface area contributed by atoms with Crippen molar-refractivity contribution >= 4 is 5.91 Å². The Morgan fingerprint density at radius 2 is 1.65 bits per heavy atom. The average Bonchev–Trinajstić information content (AvgIpc) is 2.78. The lowest BCUT2D eigenvalue weighted by Crippen LogP contribution is -2.43. The first-order valence-corrected chi connectivity index (χ1v) is 10.7. The smallest absolute Gasteiger partial charge is 0.379 e. The Kier molecular flexibility index (Phi) is 8.09. The summed E-state index contributed by atoms with van der Waals surface area (Å²) in [5, 5.41) is 2.97. The van der Waals surface area contributed by atoms with E-state index in [1.807, 2.05) is 12.1 Å². The van der Waals surface area contributed by atoms with Crippen LogP contribution in [0.1, 0.15) is 41.6 Å². The summed E-state index contributed by atoms with van der Waals surface area (Å²) in [6, 6.07) is 13.3. The number of morpholine rings is 1. The number of hydrogen-bond donors (Lipinski definition) is 1. The molecule has 0 aromatic heterocycles. The second-order valence-electron chi connectivity index (χ2n) is 7.76. The highest BCUT2D eigenvalue weighted by molar-refractivity contribution is 5.76. The van der Waals surface area contributed by atoms with E-state index < -0.39 is 11.7 Å². The summed E-state index contributed by atoms with van der Waals surface area (Å²) < 4.78 is 44.1. The molecule has 1 heterocycles. The zero-order chi connectivity index (χ0) is 22.3. The molecule has 31 heavy (non-hydrogen) atoms. The number of amides is 1. The van der Waals surface area contributed by atoms with Crippen LogP contribution in [0.3, 0.4) is 0 Å². The predicted octanol–water partition coefficient (Wildman–Crippen LogP) is 4.39. The van der Waals surface area contributed by atoms with E-state index in [1.165, 1.54) is 17.7 Å². The number of ether oxygens (including phenoxy) is 1. The van der Waals surface area contributed by atoms with Crippen molar-refractivity contribution in [2.45, 2.75) is 38.4 Å². The molecule has 1 aliphatic rings. The van der Waals surface area contributed by atoms with Gasteiger partial charge in [-0.25, -0.2) is 0 Å². The van der Waals surface area contributed by atoms with Crippen molar-refractivity contribution in [1.29, 1.82) is 0 Å². The number of carbonyl (C=O) groups is 1. The zero-order valence-corrected chi connectivity index (χ0v) is 17.8. The van der Waals surface area contributed by atoms with Crippen LogP contribution in [0.4, 0.5) is 13.2 Å². The Balaban J connectivity index is 1.60. The predicted molar refractivity (Wildman–Crippen MR) is 114 cm³/mol. The molecule has 3 rings (SSSR count). The molecule has 0 bridgehead atoms. The maximum atomic E-state index is 12.9. The van der Waals surface area contributed by atoms with Gasteiger partial charge >= 0.3 is 6.18 Å². The minimum absolute atomic E-state index is 0.0651. The van der Waals surface area contributed by atoms with Crippen LogP contribution in [-0.2, 0) is 28.5 Å². The second-order valence-corrected chi connectivity index (χ2v) is 7.76. The third-order valence-electron chi connectivity index (χ3n) is 5.67. The minimum atomic E-state index is -4.36. The van der Waals surface area contributed by atoms with Gasteiger partial charge < -0.3 is 10.1 Å². The van der Waals surface area contributed by atoms with Crippen LogP contribution < -0.4 is 5.32 Å². The summed E-state index contributed by atoms with van der Waals surface area (Å²) in [5.41, 5.74) is 2.46. The largest absolute Gasteiger partial charge is 0.416 e. The van der Waals surface area contributed by atoms with Gasteiger partial charge in [0.25, 0.3) is 0 Å². The van der Waals surface area contributed by atoms with Gasteiger partial charge in [-0.3, -0.25) is 9.69 Å². The highest BCUT2D eigenvalue weighted by Crippen LogP contribution is 2.31. The normalized spacial score (nSPS) is 16.1. The minimum Gasteiger partial charge on any atom is -0.379 e. The summed E-state index contributed by atoms with van der Waals surface area (Å²) in [4.78, 5) is 14.6. The summed E-state index contributed by atoms with van der Waals surface area (Å²) >= 11 is 0. The van der Waals surface area contributed by atoms with E-state index in [0.29, 0.717) is 45.7 Å². The van der Waals surface area contributed by atoms with Crippen LogP contribution in [0.25, 0.3) is 0 Å². The Bertz CT molecular complexity index is 829. The molecule has 1 aliphatic heterocycles. The van der Waals surface area contributed by atoms with Gasteiger partial charge in [-0.05, 0) is 41.7 Å². The van der Waals surface area contributed by atoms with Crippen LogP contribution >= 0.6 is 0 Å². The van der Waals surface area contributed by atoms with Crippen molar-refractivity contribution in [2.24, 2.45) is 0 Å². The second kappa shape index (κ2) is 10.8. The molecule has 4 nitrogen and oxygen atoms in total. The molecule has 0 saturated carbocycles.